The Morgan fingerprint density at radius 2 is 2.00 bits per heavy atom. The average molecular weight is 219 g/mol. The number of rotatable bonds is 3. The highest BCUT2D eigenvalue weighted by Gasteiger charge is 2.45. The van der Waals surface area contributed by atoms with E-state index in [0.717, 1.165) is 5.92 Å². The number of allylic oxidation sites excluding steroid dienone is 4. The van der Waals surface area contributed by atoms with Crippen LogP contribution in [0.5, 0.6) is 0 Å². The van der Waals surface area contributed by atoms with Gasteiger partial charge in [-0.05, 0) is 55.9 Å². The molecule has 0 N–H and O–H groups in total. The van der Waals surface area contributed by atoms with Crippen molar-refractivity contribution in [3.05, 3.63) is 23.4 Å². The maximum absolute atomic E-state index is 2.48. The number of nitrogens with zero attached hydrogens (tertiary/aromatic N) is 1. The third-order valence-corrected chi connectivity index (χ3v) is 4.50. The third-order valence-electron chi connectivity index (χ3n) is 4.50. The average Bonchev–Trinajstić information content (AvgIpc) is 2.98. The first-order valence-corrected chi connectivity index (χ1v) is 6.59. The van der Waals surface area contributed by atoms with E-state index in [0.29, 0.717) is 5.41 Å². The molecule has 0 heterocycles. The van der Waals surface area contributed by atoms with E-state index in [4.69, 9.17) is 0 Å². The molecule has 1 atom stereocenters. The summed E-state index contributed by atoms with van der Waals surface area (Å²) in [6.45, 7) is 4.61. The molecule has 1 saturated carbocycles. The molecule has 0 aliphatic heterocycles. The second-order valence-corrected chi connectivity index (χ2v) is 5.96. The summed E-state index contributed by atoms with van der Waals surface area (Å²) in [6, 6.07) is 0. The predicted octanol–water partition coefficient (Wildman–Crippen LogP) is 3.98. The van der Waals surface area contributed by atoms with E-state index in [1.165, 1.54) is 32.1 Å². The quantitative estimate of drug-likeness (QED) is 0.694. The van der Waals surface area contributed by atoms with Gasteiger partial charge in [0.1, 0.15) is 0 Å². The second kappa shape index (κ2) is 4.27. The maximum Gasteiger partial charge on any atom is 0.0160 e. The first kappa shape index (κ1) is 11.8. The molecule has 16 heavy (non-hydrogen) atoms. The summed E-state index contributed by atoms with van der Waals surface area (Å²) in [5.41, 5.74) is 3.82. The highest BCUT2D eigenvalue weighted by molar-refractivity contribution is 5.28. The van der Waals surface area contributed by atoms with Crippen molar-refractivity contribution in [2.75, 3.05) is 14.1 Å². The fourth-order valence-corrected chi connectivity index (χ4v) is 3.03. The van der Waals surface area contributed by atoms with Crippen molar-refractivity contribution in [1.29, 1.82) is 0 Å². The first-order chi connectivity index (χ1) is 7.57. The van der Waals surface area contributed by atoms with Crippen molar-refractivity contribution in [1.82, 2.24) is 4.90 Å². The van der Waals surface area contributed by atoms with Gasteiger partial charge in [0, 0.05) is 19.8 Å². The lowest BCUT2D eigenvalue weighted by atomic mass is 9.77. The second-order valence-electron chi connectivity index (χ2n) is 5.96. The van der Waals surface area contributed by atoms with Crippen molar-refractivity contribution in [2.24, 2.45) is 11.3 Å². The molecule has 0 unspecified atom stereocenters. The topological polar surface area (TPSA) is 3.24 Å². The Morgan fingerprint density at radius 1 is 1.31 bits per heavy atom. The summed E-state index contributed by atoms with van der Waals surface area (Å²) in [6.07, 6.45) is 11.4. The molecule has 0 radical (unpaired) electrons. The van der Waals surface area contributed by atoms with Crippen molar-refractivity contribution >= 4 is 0 Å². The smallest absolute Gasteiger partial charge is 0.0160 e. The van der Waals surface area contributed by atoms with Crippen molar-refractivity contribution in [2.45, 2.75) is 46.0 Å². The van der Waals surface area contributed by atoms with Crippen LogP contribution in [0.1, 0.15) is 46.0 Å². The van der Waals surface area contributed by atoms with Gasteiger partial charge in [-0.15, -0.1) is 0 Å². The van der Waals surface area contributed by atoms with Crippen molar-refractivity contribution in [3.8, 4) is 0 Å². The Balaban J connectivity index is 2.16. The summed E-state index contributed by atoms with van der Waals surface area (Å²) in [5.74, 6) is 0.933. The van der Waals surface area contributed by atoms with Crippen LogP contribution in [0.2, 0.25) is 0 Å². The SMILES string of the molecule is C/C=C/C1=C(N(C)C)CC[C@H](C2(C)CC2)C1. The molecule has 0 spiro atoms. The highest BCUT2D eigenvalue weighted by atomic mass is 15.1. The fraction of sp³-hybridized carbons (Fsp3) is 0.733. The summed E-state index contributed by atoms with van der Waals surface area (Å²) in [7, 11) is 4.36. The molecule has 1 nitrogen and oxygen atoms in total. The molecule has 0 saturated heterocycles. The van der Waals surface area contributed by atoms with Crippen LogP contribution in [0, 0.1) is 11.3 Å². The van der Waals surface area contributed by atoms with Crippen LogP contribution in [0.15, 0.2) is 23.4 Å². The third kappa shape index (κ3) is 2.18. The summed E-state index contributed by atoms with van der Waals surface area (Å²) >= 11 is 0. The summed E-state index contributed by atoms with van der Waals surface area (Å²) < 4.78 is 0. The molecular weight excluding hydrogens is 194 g/mol. The molecule has 0 amide bonds. The summed E-state index contributed by atoms with van der Waals surface area (Å²) in [5, 5.41) is 0. The lowest BCUT2D eigenvalue weighted by Crippen LogP contribution is -2.23. The molecular formula is C15H25N. The molecule has 1 fully saturated rings. The van der Waals surface area contributed by atoms with Crippen molar-refractivity contribution in [3.63, 3.8) is 0 Å². The van der Waals surface area contributed by atoms with Gasteiger partial charge in [-0.1, -0.05) is 19.1 Å². The van der Waals surface area contributed by atoms with Crippen LogP contribution >= 0.6 is 0 Å². The molecule has 2 aliphatic carbocycles. The lowest BCUT2D eigenvalue weighted by molar-refractivity contribution is 0.282. The normalized spacial score (nSPS) is 28.6. The molecule has 2 aliphatic rings. The molecule has 0 aromatic heterocycles. The zero-order chi connectivity index (χ0) is 11.8. The van der Waals surface area contributed by atoms with Gasteiger partial charge < -0.3 is 4.90 Å². The van der Waals surface area contributed by atoms with Gasteiger partial charge in [0.25, 0.3) is 0 Å². The van der Waals surface area contributed by atoms with Crippen molar-refractivity contribution < 1.29 is 0 Å². The van der Waals surface area contributed by atoms with Gasteiger partial charge in [-0.3, -0.25) is 0 Å². The van der Waals surface area contributed by atoms with Crippen LogP contribution in [-0.4, -0.2) is 19.0 Å². The van der Waals surface area contributed by atoms with Gasteiger partial charge in [0.2, 0.25) is 0 Å². The lowest BCUT2D eigenvalue weighted by Gasteiger charge is -2.33. The first-order valence-electron chi connectivity index (χ1n) is 6.59. The van der Waals surface area contributed by atoms with Gasteiger partial charge in [0.05, 0.1) is 0 Å². The van der Waals surface area contributed by atoms with Crippen LogP contribution in [0.3, 0.4) is 0 Å². The highest BCUT2D eigenvalue weighted by Crippen LogP contribution is 2.56. The van der Waals surface area contributed by atoms with Crippen LogP contribution in [-0.2, 0) is 0 Å². The van der Waals surface area contributed by atoms with E-state index >= 15 is 0 Å². The van der Waals surface area contributed by atoms with E-state index in [1.54, 1.807) is 11.3 Å². The minimum absolute atomic E-state index is 0.685. The van der Waals surface area contributed by atoms with E-state index in [-0.39, 0.29) is 0 Å². The van der Waals surface area contributed by atoms with Gasteiger partial charge in [-0.2, -0.15) is 0 Å². The molecule has 2 rings (SSSR count). The monoisotopic (exact) mass is 219 g/mol. The Kier molecular flexibility index (Phi) is 3.14. The number of hydrogen-bond acceptors (Lipinski definition) is 1. The molecule has 0 aromatic rings. The molecule has 0 bridgehead atoms. The Bertz CT molecular complexity index is 318. The Morgan fingerprint density at radius 3 is 2.50 bits per heavy atom. The Hall–Kier alpha value is -0.720. The predicted molar refractivity (Wildman–Crippen MR) is 70.2 cm³/mol. The van der Waals surface area contributed by atoms with E-state index < -0.39 is 0 Å². The Labute approximate surface area is 100 Å². The maximum atomic E-state index is 2.48. The van der Waals surface area contributed by atoms with E-state index in [9.17, 15) is 0 Å². The van der Waals surface area contributed by atoms with E-state index in [2.05, 4.69) is 45.0 Å². The molecule has 0 aromatic carbocycles. The van der Waals surface area contributed by atoms with Gasteiger partial charge in [0.15, 0.2) is 0 Å². The minimum Gasteiger partial charge on any atom is -0.381 e. The van der Waals surface area contributed by atoms with E-state index in [1.807, 2.05) is 0 Å². The minimum atomic E-state index is 0.685. The van der Waals surface area contributed by atoms with Gasteiger partial charge in [-0.25, -0.2) is 0 Å². The zero-order valence-corrected chi connectivity index (χ0v) is 11.2. The largest absolute Gasteiger partial charge is 0.381 e. The summed E-state index contributed by atoms with van der Waals surface area (Å²) in [4.78, 5) is 2.31. The van der Waals surface area contributed by atoms with Crippen LogP contribution in [0.25, 0.3) is 0 Å². The number of hydrogen-bond donors (Lipinski definition) is 0. The van der Waals surface area contributed by atoms with Crippen LogP contribution in [0.4, 0.5) is 0 Å². The standard InChI is InChI=1S/C15H25N/c1-5-6-12-11-13(15(2)9-10-15)7-8-14(12)16(3)4/h5-6,13H,7-11H2,1-4H3/b6-5+/t13-/m0/s1. The fourth-order valence-electron chi connectivity index (χ4n) is 3.03. The molecule has 1 heteroatoms. The van der Waals surface area contributed by atoms with Gasteiger partial charge >= 0.3 is 0 Å². The zero-order valence-electron chi connectivity index (χ0n) is 11.2. The van der Waals surface area contributed by atoms with Crippen LogP contribution < -0.4 is 0 Å². The molecule has 90 valence electrons.